The third-order valence-corrected chi connectivity index (χ3v) is 4.72. The van der Waals surface area contributed by atoms with Crippen molar-refractivity contribution in [3.8, 4) is 27.6 Å². The van der Waals surface area contributed by atoms with Crippen molar-refractivity contribution in [2.45, 2.75) is 6.92 Å². The number of benzene rings is 2. The molecule has 2 aromatic carbocycles. The van der Waals surface area contributed by atoms with Crippen LogP contribution in [0.4, 0.5) is 11.4 Å². The number of aromatic nitrogens is 1. The molecule has 1 aliphatic heterocycles. The van der Waals surface area contributed by atoms with Crippen molar-refractivity contribution in [2.75, 3.05) is 17.7 Å². The second-order valence-corrected chi connectivity index (χ2v) is 6.53. The maximum absolute atomic E-state index is 11.5. The molecule has 5 nitrogen and oxygen atoms in total. The molecule has 0 radical (unpaired) electrons. The molecule has 0 unspecified atom stereocenters. The Labute approximate surface area is 143 Å². The van der Waals surface area contributed by atoms with Crippen LogP contribution in [0.1, 0.15) is 5.56 Å². The van der Waals surface area contributed by atoms with Gasteiger partial charge in [-0.2, -0.15) is 0 Å². The highest BCUT2D eigenvalue weighted by molar-refractivity contribution is 7.13. The third-order valence-electron chi connectivity index (χ3n) is 3.83. The lowest BCUT2D eigenvalue weighted by molar-refractivity contribution is -0.118. The summed E-state index contributed by atoms with van der Waals surface area (Å²) in [6.45, 7) is 2.02. The maximum atomic E-state index is 11.5. The van der Waals surface area contributed by atoms with E-state index in [4.69, 9.17) is 15.5 Å². The van der Waals surface area contributed by atoms with E-state index in [1.807, 2.05) is 48.7 Å². The summed E-state index contributed by atoms with van der Waals surface area (Å²) in [5.41, 5.74) is 11.0. The number of nitrogens with zero attached hydrogens (tertiary/aromatic N) is 1. The molecule has 2 heterocycles. The van der Waals surface area contributed by atoms with Gasteiger partial charge in [-0.1, -0.05) is 12.1 Å². The Bertz CT molecular complexity index is 949. The Balaban J connectivity index is 1.74. The molecule has 0 spiro atoms. The highest BCUT2D eigenvalue weighted by Gasteiger charge is 2.19. The van der Waals surface area contributed by atoms with E-state index >= 15 is 0 Å². The molecule has 0 saturated carbocycles. The van der Waals surface area contributed by atoms with Gasteiger partial charge in [0.1, 0.15) is 10.8 Å². The number of nitrogens with one attached hydrogen (secondary N) is 1. The van der Waals surface area contributed by atoms with Gasteiger partial charge in [0.25, 0.3) is 5.91 Å². The maximum Gasteiger partial charge on any atom is 0.262 e. The molecule has 120 valence electrons. The summed E-state index contributed by atoms with van der Waals surface area (Å²) < 4.78 is 5.50. The Morgan fingerprint density at radius 1 is 1.25 bits per heavy atom. The van der Waals surface area contributed by atoms with Gasteiger partial charge in [0.15, 0.2) is 6.61 Å². The first-order valence-electron chi connectivity index (χ1n) is 7.49. The standard InChI is InChI=1S/C18H15N3O2S/c1-10-5-12(7-14-17(10)23-8-16(22)20-14)15-9-24-18(21-15)11-3-2-4-13(19)6-11/h2-7,9H,8,19H2,1H3,(H,20,22). The van der Waals surface area contributed by atoms with Crippen molar-refractivity contribution in [1.29, 1.82) is 0 Å². The average molecular weight is 337 g/mol. The molecule has 0 aliphatic carbocycles. The number of nitrogens with two attached hydrogens (primary N) is 1. The van der Waals surface area contributed by atoms with Gasteiger partial charge in [0.2, 0.25) is 0 Å². The molecule has 3 N–H and O–H groups in total. The number of amides is 1. The fourth-order valence-corrected chi connectivity index (χ4v) is 3.57. The third kappa shape index (κ3) is 2.61. The van der Waals surface area contributed by atoms with E-state index in [-0.39, 0.29) is 12.5 Å². The van der Waals surface area contributed by atoms with Gasteiger partial charge in [0, 0.05) is 22.2 Å². The summed E-state index contributed by atoms with van der Waals surface area (Å²) >= 11 is 1.56. The van der Waals surface area contributed by atoms with E-state index < -0.39 is 0 Å². The van der Waals surface area contributed by atoms with Gasteiger partial charge < -0.3 is 15.8 Å². The molecule has 0 atom stereocenters. The van der Waals surface area contributed by atoms with Crippen molar-refractivity contribution in [2.24, 2.45) is 0 Å². The number of fused-ring (bicyclic) bond motifs is 1. The SMILES string of the molecule is Cc1cc(-c2csc(-c3cccc(N)c3)n2)cc2c1OCC(=O)N2. The number of hydrogen-bond acceptors (Lipinski definition) is 5. The molecule has 1 aromatic heterocycles. The number of aryl methyl sites for hydroxylation is 1. The highest BCUT2D eigenvalue weighted by Crippen LogP contribution is 2.37. The van der Waals surface area contributed by atoms with Crippen LogP contribution in [0.25, 0.3) is 21.8 Å². The van der Waals surface area contributed by atoms with Crippen molar-refractivity contribution in [3.63, 3.8) is 0 Å². The van der Waals surface area contributed by atoms with Gasteiger partial charge in [0.05, 0.1) is 11.4 Å². The fourth-order valence-electron chi connectivity index (χ4n) is 2.74. The zero-order valence-corrected chi connectivity index (χ0v) is 13.8. The molecule has 0 bridgehead atoms. The summed E-state index contributed by atoms with van der Waals surface area (Å²) in [6, 6.07) is 11.6. The van der Waals surface area contributed by atoms with Gasteiger partial charge in [-0.3, -0.25) is 4.79 Å². The van der Waals surface area contributed by atoms with Crippen LogP contribution in [0, 0.1) is 6.92 Å². The van der Waals surface area contributed by atoms with Crippen LogP contribution in [-0.2, 0) is 4.79 Å². The van der Waals surface area contributed by atoms with E-state index in [0.717, 1.165) is 33.1 Å². The first kappa shape index (κ1) is 14.7. The van der Waals surface area contributed by atoms with Gasteiger partial charge in [-0.15, -0.1) is 11.3 Å². The Morgan fingerprint density at radius 2 is 2.12 bits per heavy atom. The number of ether oxygens (including phenoxy) is 1. The van der Waals surface area contributed by atoms with E-state index in [1.54, 1.807) is 11.3 Å². The first-order chi connectivity index (χ1) is 11.6. The summed E-state index contributed by atoms with van der Waals surface area (Å²) in [5, 5.41) is 5.77. The number of anilines is 2. The van der Waals surface area contributed by atoms with Gasteiger partial charge >= 0.3 is 0 Å². The monoisotopic (exact) mass is 337 g/mol. The van der Waals surface area contributed by atoms with Crippen LogP contribution in [0.2, 0.25) is 0 Å². The quantitative estimate of drug-likeness (QED) is 0.699. The summed E-state index contributed by atoms with van der Waals surface area (Å²) in [4.78, 5) is 16.3. The lowest BCUT2D eigenvalue weighted by atomic mass is 10.1. The van der Waals surface area contributed by atoms with Gasteiger partial charge in [-0.05, 0) is 36.8 Å². The fraction of sp³-hybridized carbons (Fsp3) is 0.111. The summed E-state index contributed by atoms with van der Waals surface area (Å²) in [7, 11) is 0. The van der Waals surface area contributed by atoms with Crippen molar-refractivity contribution >= 4 is 28.6 Å². The number of nitrogen functional groups attached to an aromatic ring is 1. The minimum absolute atomic E-state index is 0.0590. The van der Waals surface area contributed by atoms with Crippen molar-refractivity contribution in [3.05, 3.63) is 47.3 Å². The predicted octanol–water partition coefficient (Wildman–Crippen LogP) is 3.70. The molecule has 1 amide bonds. The number of rotatable bonds is 2. The lowest BCUT2D eigenvalue weighted by Crippen LogP contribution is -2.25. The zero-order chi connectivity index (χ0) is 16.7. The molecule has 6 heteroatoms. The Kier molecular flexibility index (Phi) is 3.46. The lowest BCUT2D eigenvalue weighted by Gasteiger charge is -2.20. The van der Waals surface area contributed by atoms with E-state index in [9.17, 15) is 4.79 Å². The minimum Gasteiger partial charge on any atom is -0.481 e. The second kappa shape index (κ2) is 5.65. The first-order valence-corrected chi connectivity index (χ1v) is 8.37. The number of hydrogen-bond donors (Lipinski definition) is 2. The smallest absolute Gasteiger partial charge is 0.262 e. The predicted molar refractivity (Wildman–Crippen MR) is 96.3 cm³/mol. The molecule has 0 fully saturated rings. The summed E-state index contributed by atoms with van der Waals surface area (Å²) in [5.74, 6) is 0.586. The van der Waals surface area contributed by atoms with Gasteiger partial charge in [-0.25, -0.2) is 4.98 Å². The van der Waals surface area contributed by atoms with E-state index in [0.29, 0.717) is 11.4 Å². The Morgan fingerprint density at radius 3 is 2.96 bits per heavy atom. The molecule has 3 aromatic rings. The molecule has 0 saturated heterocycles. The average Bonchev–Trinajstić information content (AvgIpc) is 3.04. The molecular weight excluding hydrogens is 322 g/mol. The van der Waals surface area contributed by atoms with Crippen LogP contribution in [0.15, 0.2) is 41.8 Å². The van der Waals surface area contributed by atoms with Crippen molar-refractivity contribution < 1.29 is 9.53 Å². The molecule has 24 heavy (non-hydrogen) atoms. The largest absolute Gasteiger partial charge is 0.481 e. The van der Waals surface area contributed by atoms with E-state index in [1.165, 1.54) is 0 Å². The normalized spacial score (nSPS) is 13.1. The zero-order valence-electron chi connectivity index (χ0n) is 13.0. The van der Waals surface area contributed by atoms with E-state index in [2.05, 4.69) is 5.32 Å². The van der Waals surface area contributed by atoms with Crippen LogP contribution in [0.5, 0.6) is 5.75 Å². The van der Waals surface area contributed by atoms with Crippen LogP contribution < -0.4 is 15.8 Å². The second-order valence-electron chi connectivity index (χ2n) is 5.67. The number of carbonyl (C=O) groups excluding carboxylic acids is 1. The minimum atomic E-state index is -0.141. The topological polar surface area (TPSA) is 77.2 Å². The Hall–Kier alpha value is -2.86. The number of carbonyl (C=O) groups is 1. The van der Waals surface area contributed by atoms with Crippen molar-refractivity contribution in [1.82, 2.24) is 4.98 Å². The van der Waals surface area contributed by atoms with Crippen LogP contribution in [-0.4, -0.2) is 17.5 Å². The number of thiazole rings is 1. The van der Waals surface area contributed by atoms with Crippen LogP contribution >= 0.6 is 11.3 Å². The molecule has 1 aliphatic rings. The molecule has 4 rings (SSSR count). The highest BCUT2D eigenvalue weighted by atomic mass is 32.1. The molecular formula is C18H15N3O2S. The summed E-state index contributed by atoms with van der Waals surface area (Å²) in [6.07, 6.45) is 0. The van der Waals surface area contributed by atoms with Crippen LogP contribution in [0.3, 0.4) is 0 Å².